The van der Waals surface area contributed by atoms with Crippen molar-refractivity contribution in [3.05, 3.63) is 0 Å². The van der Waals surface area contributed by atoms with Crippen LogP contribution in [0.4, 0.5) is 0 Å². The first kappa shape index (κ1) is 22.3. The predicted octanol–water partition coefficient (Wildman–Crippen LogP) is -1.09. The van der Waals surface area contributed by atoms with Crippen molar-refractivity contribution in [1.82, 2.24) is 5.32 Å². The lowest BCUT2D eigenvalue weighted by molar-refractivity contribution is -0.226. The number of ether oxygens (including phenoxy) is 7. The van der Waals surface area contributed by atoms with Gasteiger partial charge in [-0.05, 0) is 12.3 Å². The van der Waals surface area contributed by atoms with Crippen LogP contribution in [0, 0.1) is 5.92 Å². The van der Waals surface area contributed by atoms with Gasteiger partial charge < -0.3 is 43.6 Å². The lowest BCUT2D eigenvalue weighted by atomic mass is 9.85. The second-order valence-corrected chi connectivity index (χ2v) is 7.38. The largest absolute Gasteiger partial charge is 0.448 e. The fourth-order valence-corrected chi connectivity index (χ4v) is 4.14. The number of aliphatic hydroxyl groups excluding tert-OH is 1. The second-order valence-electron chi connectivity index (χ2n) is 7.38. The van der Waals surface area contributed by atoms with Crippen LogP contribution in [0.25, 0.3) is 0 Å². The van der Waals surface area contributed by atoms with Gasteiger partial charge >= 0.3 is 11.9 Å². The van der Waals surface area contributed by atoms with Crippen molar-refractivity contribution in [2.75, 3.05) is 34.4 Å². The third-order valence-corrected chi connectivity index (χ3v) is 5.37. The number of rotatable bonds is 9. The van der Waals surface area contributed by atoms with E-state index in [2.05, 4.69) is 5.32 Å². The number of aliphatic hydroxyl groups is 1. The average molecular weight is 419 g/mol. The summed E-state index contributed by atoms with van der Waals surface area (Å²) in [6, 6.07) is -0.347. The molecule has 0 saturated carbocycles. The summed E-state index contributed by atoms with van der Waals surface area (Å²) < 4.78 is 37.2. The van der Waals surface area contributed by atoms with Gasteiger partial charge in [0.1, 0.15) is 31.9 Å². The van der Waals surface area contributed by atoms with Gasteiger partial charge in [-0.15, -0.1) is 0 Å². The summed E-state index contributed by atoms with van der Waals surface area (Å²) in [5.41, 5.74) is 0. The molecule has 0 aromatic carbocycles. The monoisotopic (exact) mass is 419 g/mol. The van der Waals surface area contributed by atoms with Crippen LogP contribution in [0.3, 0.4) is 0 Å². The van der Waals surface area contributed by atoms with E-state index < -0.39 is 48.7 Å². The van der Waals surface area contributed by atoms with Crippen molar-refractivity contribution in [2.24, 2.45) is 5.92 Å². The van der Waals surface area contributed by atoms with Gasteiger partial charge in [0.15, 0.2) is 0 Å². The van der Waals surface area contributed by atoms with E-state index in [0.717, 1.165) is 0 Å². The first-order valence-corrected chi connectivity index (χ1v) is 9.60. The maximum absolute atomic E-state index is 12.1. The minimum absolute atomic E-state index is 0.00932. The van der Waals surface area contributed by atoms with E-state index in [4.69, 9.17) is 33.2 Å². The molecule has 3 heterocycles. The van der Waals surface area contributed by atoms with Crippen LogP contribution in [0.5, 0.6) is 0 Å². The van der Waals surface area contributed by atoms with Crippen LogP contribution >= 0.6 is 0 Å². The summed E-state index contributed by atoms with van der Waals surface area (Å²) in [6.45, 7) is 1.74. The molecule has 0 aromatic heterocycles. The number of carbonyl (C=O) groups is 2. The van der Waals surface area contributed by atoms with E-state index in [-0.39, 0.29) is 25.5 Å². The van der Waals surface area contributed by atoms with Gasteiger partial charge in [0.05, 0.1) is 6.10 Å². The molecule has 8 atom stereocenters. The molecular formula is C18H29NO10. The van der Waals surface area contributed by atoms with Crippen molar-refractivity contribution >= 4 is 11.9 Å². The molecule has 11 nitrogen and oxygen atoms in total. The van der Waals surface area contributed by atoms with Crippen molar-refractivity contribution in [3.63, 3.8) is 0 Å². The topological polar surface area (TPSA) is 131 Å². The minimum Gasteiger partial charge on any atom is -0.448 e. The SMILES string of the molecule is COCO[C@H]1CNC(C[C@@H]2CC3OC(=O)[C@H](OC(C)=O)C2O3)C(O)[C@H]1OCOC. The predicted molar refractivity (Wildman–Crippen MR) is 94.3 cm³/mol. The summed E-state index contributed by atoms with van der Waals surface area (Å²) in [5, 5.41) is 14.2. The zero-order chi connectivity index (χ0) is 21.0. The van der Waals surface area contributed by atoms with Crippen molar-refractivity contribution in [1.29, 1.82) is 0 Å². The molecule has 166 valence electrons. The molecule has 0 radical (unpaired) electrons. The molecule has 3 fully saturated rings. The fraction of sp³-hybridized carbons (Fsp3) is 0.889. The Morgan fingerprint density at radius 3 is 2.66 bits per heavy atom. The Morgan fingerprint density at radius 1 is 1.24 bits per heavy atom. The highest BCUT2D eigenvalue weighted by molar-refractivity contribution is 5.80. The van der Waals surface area contributed by atoms with Crippen LogP contribution in [-0.2, 0) is 42.7 Å². The van der Waals surface area contributed by atoms with Gasteiger partial charge in [0, 0.05) is 40.2 Å². The summed E-state index contributed by atoms with van der Waals surface area (Å²) in [5.74, 6) is -1.33. The molecule has 2 bridgehead atoms. The molecule has 3 rings (SSSR count). The summed E-state index contributed by atoms with van der Waals surface area (Å²) >= 11 is 0. The molecule has 29 heavy (non-hydrogen) atoms. The van der Waals surface area contributed by atoms with Crippen molar-refractivity contribution < 1.29 is 47.9 Å². The van der Waals surface area contributed by atoms with Crippen LogP contribution in [0.15, 0.2) is 0 Å². The zero-order valence-electron chi connectivity index (χ0n) is 16.8. The first-order chi connectivity index (χ1) is 13.9. The van der Waals surface area contributed by atoms with Gasteiger partial charge in [-0.2, -0.15) is 0 Å². The van der Waals surface area contributed by atoms with Crippen LogP contribution in [0.2, 0.25) is 0 Å². The first-order valence-electron chi connectivity index (χ1n) is 9.60. The zero-order valence-corrected chi connectivity index (χ0v) is 16.8. The smallest absolute Gasteiger partial charge is 0.352 e. The van der Waals surface area contributed by atoms with Gasteiger partial charge in [0.25, 0.3) is 0 Å². The molecule has 3 aliphatic heterocycles. The fourth-order valence-electron chi connectivity index (χ4n) is 4.14. The average Bonchev–Trinajstić information content (AvgIpc) is 3.01. The van der Waals surface area contributed by atoms with Crippen molar-refractivity contribution in [2.45, 2.75) is 62.6 Å². The van der Waals surface area contributed by atoms with E-state index in [0.29, 0.717) is 19.4 Å². The van der Waals surface area contributed by atoms with Gasteiger partial charge in [0.2, 0.25) is 12.4 Å². The molecule has 4 unspecified atom stereocenters. The molecule has 3 aliphatic rings. The van der Waals surface area contributed by atoms with Crippen LogP contribution in [0.1, 0.15) is 19.8 Å². The second kappa shape index (κ2) is 10.1. The highest BCUT2D eigenvalue weighted by atomic mass is 16.7. The third kappa shape index (κ3) is 5.23. The normalized spacial score (nSPS) is 39.2. The highest BCUT2D eigenvalue weighted by Crippen LogP contribution is 2.39. The van der Waals surface area contributed by atoms with E-state index >= 15 is 0 Å². The van der Waals surface area contributed by atoms with Crippen LogP contribution < -0.4 is 5.32 Å². The van der Waals surface area contributed by atoms with E-state index in [9.17, 15) is 14.7 Å². The molecule has 0 aromatic rings. The molecule has 2 N–H and O–H groups in total. The molecule has 0 amide bonds. The quantitative estimate of drug-likeness (QED) is 0.349. The lowest BCUT2D eigenvalue weighted by Crippen LogP contribution is -2.62. The number of piperidine rings is 1. The Balaban J connectivity index is 1.65. The Kier molecular flexibility index (Phi) is 7.79. The lowest BCUT2D eigenvalue weighted by Gasteiger charge is -2.41. The molecule has 3 saturated heterocycles. The number of esters is 2. The van der Waals surface area contributed by atoms with Crippen molar-refractivity contribution in [3.8, 4) is 0 Å². The molecule has 0 aliphatic carbocycles. The minimum atomic E-state index is -1.10. The number of fused-ring (bicyclic) bond motifs is 2. The number of nitrogens with one attached hydrogen (secondary N) is 1. The molecule has 11 heteroatoms. The van der Waals surface area contributed by atoms with Crippen LogP contribution in [-0.4, -0.2) is 94.2 Å². The number of methoxy groups -OCH3 is 2. The highest BCUT2D eigenvalue weighted by Gasteiger charge is 2.53. The van der Waals surface area contributed by atoms with Gasteiger partial charge in [-0.25, -0.2) is 4.79 Å². The van der Waals surface area contributed by atoms with E-state index in [1.807, 2.05) is 0 Å². The Bertz CT molecular complexity index is 575. The molecule has 0 spiro atoms. The maximum atomic E-state index is 12.1. The van der Waals surface area contributed by atoms with E-state index in [1.165, 1.54) is 21.1 Å². The summed E-state index contributed by atoms with van der Waals surface area (Å²) in [6.07, 6.45) is -3.38. The van der Waals surface area contributed by atoms with E-state index in [1.54, 1.807) is 0 Å². The number of hydrogen-bond acceptors (Lipinski definition) is 11. The third-order valence-electron chi connectivity index (χ3n) is 5.37. The molecular weight excluding hydrogens is 390 g/mol. The Morgan fingerprint density at radius 2 is 1.97 bits per heavy atom. The maximum Gasteiger partial charge on any atom is 0.352 e. The van der Waals surface area contributed by atoms with Gasteiger partial charge in [-0.1, -0.05) is 0 Å². The number of hydrogen-bond donors (Lipinski definition) is 2. The summed E-state index contributed by atoms with van der Waals surface area (Å²) in [4.78, 5) is 23.5. The standard InChI is InChI=1S/C18H29NO10/c1-9(20)27-17-15-10(5-13(28-15)29-18(17)22)4-11-14(21)16(26-8-24-3)12(6-19-11)25-7-23-2/h10-17,19,21H,4-8H2,1-3H3/t10-,11?,12+,13?,14?,15?,16+,17-/m1/s1. The Hall–Kier alpha value is -1.34. The Labute approximate surface area is 168 Å². The van der Waals surface area contributed by atoms with Gasteiger partial charge in [-0.3, -0.25) is 4.79 Å². The summed E-state index contributed by atoms with van der Waals surface area (Å²) in [7, 11) is 3.01. The number of carbonyl (C=O) groups excluding carboxylic acids is 2.